The molecule has 3 rings (SSSR count). The molecule has 3 saturated heterocycles. The second kappa shape index (κ2) is 4.36. The first-order valence-corrected chi connectivity index (χ1v) is 10.9. The van der Waals surface area contributed by atoms with Crippen LogP contribution in [-0.2, 0) is 9.53 Å². The summed E-state index contributed by atoms with van der Waals surface area (Å²) in [6, 6.07) is 0.495. The Morgan fingerprint density at radius 3 is 2.84 bits per heavy atom. The highest BCUT2D eigenvalue weighted by Crippen LogP contribution is 2.49. The number of carbonyl (C=O) groups excluding carboxylic acids is 1. The molecule has 0 aromatic carbocycles. The van der Waals surface area contributed by atoms with Crippen LogP contribution in [0.1, 0.15) is 19.3 Å². The second-order valence-electron chi connectivity index (χ2n) is 7.22. The van der Waals surface area contributed by atoms with Gasteiger partial charge in [-0.05, 0) is 19.4 Å². The van der Waals surface area contributed by atoms with Crippen molar-refractivity contribution < 1.29 is 9.53 Å². The molecule has 3 nitrogen and oxygen atoms in total. The molecular weight excluding hydrogens is 254 g/mol. The van der Waals surface area contributed by atoms with E-state index in [-0.39, 0.29) is 17.3 Å². The van der Waals surface area contributed by atoms with Gasteiger partial charge in [-0.25, -0.2) is 0 Å². The third-order valence-electron chi connectivity index (χ3n) is 4.67. The monoisotopic (exact) mass is 277 g/mol. The third-order valence-corrected chi connectivity index (χ3v) is 5.56. The first-order valence-electron chi connectivity index (χ1n) is 7.36. The van der Waals surface area contributed by atoms with E-state index in [2.05, 4.69) is 36.0 Å². The highest BCUT2D eigenvalue weighted by Gasteiger charge is 2.60. The Labute approximate surface area is 116 Å². The topological polar surface area (TPSA) is 29.5 Å². The molecule has 0 unspecified atom stereocenters. The molecule has 0 aromatic heterocycles. The molecule has 3 fully saturated rings. The minimum absolute atomic E-state index is 0.0109. The quantitative estimate of drug-likeness (QED) is 0.385. The van der Waals surface area contributed by atoms with Crippen LogP contribution in [0.15, 0.2) is 0 Å². The van der Waals surface area contributed by atoms with Gasteiger partial charge in [-0.15, -0.1) is 11.5 Å². The van der Waals surface area contributed by atoms with Crippen LogP contribution in [0.25, 0.3) is 0 Å². The Hall–Kier alpha value is -0.793. The Morgan fingerprint density at radius 2 is 2.21 bits per heavy atom. The number of cyclic esters (lactones) is 1. The molecule has 4 heteroatoms. The normalized spacial score (nSPS) is 38.2. The van der Waals surface area contributed by atoms with Crippen molar-refractivity contribution in [1.29, 1.82) is 0 Å². The van der Waals surface area contributed by atoms with Gasteiger partial charge in [-0.3, -0.25) is 9.69 Å². The minimum Gasteiger partial charge on any atom is -0.465 e. The number of esters is 1. The van der Waals surface area contributed by atoms with Crippen LogP contribution in [0.2, 0.25) is 19.6 Å². The van der Waals surface area contributed by atoms with Crippen molar-refractivity contribution in [3.05, 3.63) is 0 Å². The van der Waals surface area contributed by atoms with Gasteiger partial charge < -0.3 is 4.74 Å². The highest BCUT2D eigenvalue weighted by molar-refractivity contribution is 6.83. The zero-order valence-corrected chi connectivity index (χ0v) is 13.2. The number of hydrogen-bond acceptors (Lipinski definition) is 3. The Bertz CT molecular complexity index is 459. The lowest BCUT2D eigenvalue weighted by Gasteiger charge is -2.24. The van der Waals surface area contributed by atoms with Crippen molar-refractivity contribution in [3.8, 4) is 11.5 Å². The molecule has 0 bridgehead atoms. The standard InChI is InChI=1S/C15H23NO2Si/c1-19(2,3)10-6-12-13-5-4-8-16(13)11-15(12)7-9-18-14(15)17/h12-13H,4-5,7-9,11H2,1-3H3/t12-,13+,15+/m0/s1. The Morgan fingerprint density at radius 1 is 1.42 bits per heavy atom. The number of carbonyl (C=O) groups is 1. The van der Waals surface area contributed by atoms with Crippen LogP contribution in [0, 0.1) is 22.8 Å². The largest absolute Gasteiger partial charge is 0.465 e. The molecule has 3 atom stereocenters. The van der Waals surface area contributed by atoms with Gasteiger partial charge in [0, 0.05) is 19.0 Å². The molecule has 3 aliphatic heterocycles. The van der Waals surface area contributed by atoms with E-state index in [9.17, 15) is 4.79 Å². The van der Waals surface area contributed by atoms with E-state index in [0.717, 1.165) is 19.5 Å². The molecule has 104 valence electrons. The van der Waals surface area contributed by atoms with Crippen LogP contribution in [0.5, 0.6) is 0 Å². The summed E-state index contributed by atoms with van der Waals surface area (Å²) >= 11 is 0. The summed E-state index contributed by atoms with van der Waals surface area (Å²) < 4.78 is 5.30. The molecule has 0 aromatic rings. The number of nitrogens with zero attached hydrogens (tertiary/aromatic N) is 1. The molecule has 0 aliphatic carbocycles. The van der Waals surface area contributed by atoms with Crippen LogP contribution in [0.3, 0.4) is 0 Å². The summed E-state index contributed by atoms with van der Waals surface area (Å²) in [5.74, 6) is 3.74. The van der Waals surface area contributed by atoms with Gasteiger partial charge >= 0.3 is 5.97 Å². The molecule has 0 saturated carbocycles. The molecule has 3 aliphatic rings. The average molecular weight is 277 g/mol. The highest BCUT2D eigenvalue weighted by atomic mass is 28.3. The number of ether oxygens (including phenoxy) is 1. The van der Waals surface area contributed by atoms with Crippen molar-refractivity contribution in [2.24, 2.45) is 11.3 Å². The summed E-state index contributed by atoms with van der Waals surface area (Å²) in [7, 11) is -1.39. The lowest BCUT2D eigenvalue weighted by Crippen LogP contribution is -2.36. The summed E-state index contributed by atoms with van der Waals surface area (Å²) in [4.78, 5) is 14.7. The van der Waals surface area contributed by atoms with Crippen molar-refractivity contribution >= 4 is 14.0 Å². The predicted octanol–water partition coefficient (Wildman–Crippen LogP) is 1.89. The summed E-state index contributed by atoms with van der Waals surface area (Å²) in [6.07, 6.45) is 3.31. The van der Waals surface area contributed by atoms with Gasteiger partial charge in [-0.2, -0.15) is 0 Å². The lowest BCUT2D eigenvalue weighted by molar-refractivity contribution is -0.146. The van der Waals surface area contributed by atoms with Crippen molar-refractivity contribution in [2.45, 2.75) is 44.9 Å². The van der Waals surface area contributed by atoms with E-state index in [1.165, 1.54) is 12.8 Å². The van der Waals surface area contributed by atoms with Gasteiger partial charge in [0.2, 0.25) is 0 Å². The number of rotatable bonds is 0. The molecule has 3 heterocycles. The van der Waals surface area contributed by atoms with E-state index in [0.29, 0.717) is 12.6 Å². The maximum Gasteiger partial charge on any atom is 0.314 e. The third kappa shape index (κ3) is 2.13. The SMILES string of the molecule is C[Si](C)(C)C#C[C@H]1[C@H]2CCCN2C[C@]12CCOC2=O. The summed E-state index contributed by atoms with van der Waals surface area (Å²) in [5.41, 5.74) is 3.19. The predicted molar refractivity (Wildman–Crippen MR) is 77.2 cm³/mol. The molecule has 0 N–H and O–H groups in total. The van der Waals surface area contributed by atoms with E-state index in [1.807, 2.05) is 0 Å². The maximum absolute atomic E-state index is 12.3. The van der Waals surface area contributed by atoms with E-state index in [1.54, 1.807) is 0 Å². The van der Waals surface area contributed by atoms with E-state index >= 15 is 0 Å². The molecule has 0 amide bonds. The maximum atomic E-state index is 12.3. The van der Waals surface area contributed by atoms with Crippen molar-refractivity contribution in [2.75, 3.05) is 19.7 Å². The minimum atomic E-state index is -1.39. The molecular formula is C15H23NO2Si. The smallest absolute Gasteiger partial charge is 0.314 e. The van der Waals surface area contributed by atoms with Gasteiger partial charge in [0.1, 0.15) is 8.07 Å². The van der Waals surface area contributed by atoms with Gasteiger partial charge in [0.15, 0.2) is 0 Å². The molecule has 1 spiro atoms. The molecule has 0 radical (unpaired) electrons. The first kappa shape index (κ1) is 13.2. The van der Waals surface area contributed by atoms with Gasteiger partial charge in [-0.1, -0.05) is 19.6 Å². The van der Waals surface area contributed by atoms with Crippen LogP contribution < -0.4 is 0 Å². The fraction of sp³-hybridized carbons (Fsp3) is 0.800. The number of hydrogen-bond donors (Lipinski definition) is 0. The van der Waals surface area contributed by atoms with E-state index in [4.69, 9.17) is 4.74 Å². The van der Waals surface area contributed by atoms with Gasteiger partial charge in [0.25, 0.3) is 0 Å². The van der Waals surface area contributed by atoms with Crippen molar-refractivity contribution in [3.63, 3.8) is 0 Å². The van der Waals surface area contributed by atoms with Crippen LogP contribution in [0.4, 0.5) is 0 Å². The van der Waals surface area contributed by atoms with Crippen LogP contribution >= 0.6 is 0 Å². The van der Waals surface area contributed by atoms with Gasteiger partial charge in [0.05, 0.1) is 17.9 Å². The van der Waals surface area contributed by atoms with E-state index < -0.39 is 8.07 Å². The molecule has 19 heavy (non-hydrogen) atoms. The summed E-state index contributed by atoms with van der Waals surface area (Å²) in [6.45, 7) is 9.39. The van der Waals surface area contributed by atoms with Crippen molar-refractivity contribution in [1.82, 2.24) is 4.90 Å². The van der Waals surface area contributed by atoms with Crippen LogP contribution in [-0.4, -0.2) is 44.7 Å². The Kier molecular flexibility index (Phi) is 3.03. The average Bonchev–Trinajstić information content (AvgIpc) is 2.93. The fourth-order valence-corrected chi connectivity index (χ4v) is 4.37. The lowest BCUT2D eigenvalue weighted by atomic mass is 9.74. The Balaban J connectivity index is 1.95. The zero-order valence-electron chi connectivity index (χ0n) is 12.2. The zero-order chi connectivity index (χ0) is 13.7. The fourth-order valence-electron chi connectivity index (χ4n) is 3.78. The second-order valence-corrected chi connectivity index (χ2v) is 12.0. The number of fused-ring (bicyclic) bond motifs is 1. The first-order chi connectivity index (χ1) is 8.92. The summed E-state index contributed by atoms with van der Waals surface area (Å²) in [5, 5.41) is 0.